The molecule has 0 aromatic rings. The monoisotopic (exact) mass is 710 g/mol. The molecule has 0 aliphatic heterocycles. The van der Waals surface area contributed by atoms with Gasteiger partial charge in [0.05, 0.1) is 0 Å². The number of nitrogens with one attached hydrogen (secondary N) is 2. The van der Waals surface area contributed by atoms with Gasteiger partial charge in [-0.2, -0.15) is 0 Å². The Morgan fingerprint density at radius 3 is 0.921 bits per heavy atom. The fourth-order valence-corrected chi connectivity index (χ4v) is 15.1. The van der Waals surface area contributed by atoms with E-state index < -0.39 is 16.5 Å². The van der Waals surface area contributed by atoms with Gasteiger partial charge in [0.2, 0.25) is 0 Å². The summed E-state index contributed by atoms with van der Waals surface area (Å²) in [6.07, 6.45) is 5.26. The third-order valence-electron chi connectivity index (χ3n) is 9.48. The number of allylic oxidation sites excluding steroid dienone is 8. The van der Waals surface area contributed by atoms with E-state index in [0.29, 0.717) is 23.9 Å². The molecule has 2 nitrogen and oxygen atoms in total. The van der Waals surface area contributed by atoms with Gasteiger partial charge in [-0.25, -0.2) is 0 Å². The molecule has 0 aromatic heterocycles. The maximum atomic E-state index is 4.23. The van der Waals surface area contributed by atoms with Crippen LogP contribution in [-0.2, 0) is 43.4 Å². The fraction of sp³-hybridized carbons (Fsp3) is 0.714. The Labute approximate surface area is 291 Å². The molecule has 10 heteroatoms. The minimum absolute atomic E-state index is 0. The summed E-state index contributed by atoms with van der Waals surface area (Å²) in [4.78, 5) is 8.45. The van der Waals surface area contributed by atoms with Crippen molar-refractivity contribution in [2.24, 2.45) is 11.8 Å². The van der Waals surface area contributed by atoms with Crippen molar-refractivity contribution >= 4 is 66.1 Å². The van der Waals surface area contributed by atoms with Gasteiger partial charge < -0.3 is 9.96 Å². The van der Waals surface area contributed by atoms with E-state index in [1.54, 1.807) is 43.8 Å². The third-order valence-corrected chi connectivity index (χ3v) is 16.1. The second-order valence-corrected chi connectivity index (χ2v) is 20.4. The van der Waals surface area contributed by atoms with E-state index in [-0.39, 0.29) is 93.1 Å². The van der Waals surface area contributed by atoms with E-state index in [0.717, 1.165) is 0 Å². The second kappa shape index (κ2) is 17.9. The van der Waals surface area contributed by atoms with E-state index in [9.17, 15) is 0 Å². The molecule has 0 radical (unpaired) electrons. The van der Waals surface area contributed by atoms with Crippen molar-refractivity contribution in [3.8, 4) is 0 Å². The zero-order chi connectivity index (χ0) is 24.2. The van der Waals surface area contributed by atoms with Gasteiger partial charge in [-0.1, -0.05) is 72.7 Å². The summed E-state index contributed by atoms with van der Waals surface area (Å²) in [6.45, 7) is 29.1. The first-order valence-electron chi connectivity index (χ1n) is 13.0. The first-order chi connectivity index (χ1) is 14.7. The van der Waals surface area contributed by atoms with Crippen LogP contribution >= 0.6 is 49.6 Å². The summed E-state index contributed by atoms with van der Waals surface area (Å²) in [7, 11) is -3.26. The van der Waals surface area contributed by atoms with Gasteiger partial charge in [-0.05, 0) is 90.2 Å². The maximum absolute atomic E-state index is 4.23. The number of hydrogen-bond acceptors (Lipinski definition) is 2. The maximum Gasteiger partial charge on any atom is 0.148 e. The Morgan fingerprint density at radius 1 is 0.500 bits per heavy atom. The first kappa shape index (κ1) is 46.8. The van der Waals surface area contributed by atoms with Gasteiger partial charge in [0.1, 0.15) is 16.5 Å². The van der Waals surface area contributed by atoms with Crippen LogP contribution in [0, 0.1) is 11.8 Å². The Kier molecular flexibility index (Phi) is 22.0. The number of halogens is 4. The van der Waals surface area contributed by atoms with Crippen LogP contribution in [-0.4, -0.2) is 28.6 Å². The van der Waals surface area contributed by atoms with Gasteiger partial charge >= 0.3 is 0 Å². The molecule has 220 valence electrons. The van der Waals surface area contributed by atoms with Crippen LogP contribution in [0.4, 0.5) is 0 Å². The van der Waals surface area contributed by atoms with Crippen molar-refractivity contribution in [1.82, 2.24) is 9.96 Å². The molecule has 2 atom stereocenters. The van der Waals surface area contributed by atoms with Crippen LogP contribution in [0.15, 0.2) is 43.8 Å². The molecular formula is C28H54Cl4N2Si2Ti2. The fourth-order valence-electron chi connectivity index (χ4n) is 7.31. The summed E-state index contributed by atoms with van der Waals surface area (Å²) in [5.41, 5.74) is 9.42. The van der Waals surface area contributed by atoms with Gasteiger partial charge in [0, 0.05) is 55.5 Å². The average Bonchev–Trinajstić information content (AvgIpc) is 3.02. The second-order valence-electron chi connectivity index (χ2n) is 12.2. The van der Waals surface area contributed by atoms with Crippen LogP contribution in [0.1, 0.15) is 81.1 Å². The third kappa shape index (κ3) is 9.45. The molecule has 3 aliphatic carbocycles. The molecule has 0 spiro atoms. The van der Waals surface area contributed by atoms with Crippen LogP contribution in [0.5, 0.6) is 0 Å². The van der Waals surface area contributed by atoms with Crippen LogP contribution in [0.25, 0.3) is 0 Å². The smallest absolute Gasteiger partial charge is 0.148 e. The molecule has 0 saturated heterocycles. The van der Waals surface area contributed by atoms with Crippen LogP contribution < -0.4 is 9.96 Å². The van der Waals surface area contributed by atoms with E-state index in [4.69, 9.17) is 0 Å². The number of hydrogen-bond donors (Lipinski definition) is 2. The van der Waals surface area contributed by atoms with Gasteiger partial charge in [-0.15, -0.1) is 49.6 Å². The van der Waals surface area contributed by atoms with Crippen LogP contribution in [0.2, 0.25) is 26.2 Å². The average molecular weight is 712 g/mol. The van der Waals surface area contributed by atoms with Crippen molar-refractivity contribution in [2.75, 3.05) is 0 Å². The van der Waals surface area contributed by atoms with Crippen molar-refractivity contribution in [2.45, 2.75) is 119 Å². The predicted molar refractivity (Wildman–Crippen MR) is 177 cm³/mol. The molecule has 0 heterocycles. The van der Waals surface area contributed by atoms with Gasteiger partial charge in [0.15, 0.2) is 0 Å². The van der Waals surface area contributed by atoms with Crippen molar-refractivity contribution < 1.29 is 43.4 Å². The standard InChI is InChI=1S/C28H50N2Si2.4ClH.2Ti/c1-17-18(2)22(6)27(21(17)5)31(9,10)29-25-13-15-26(16-14-25)30-32(11,12)28-23(7)19(3)20(4)24(28)8;;;;;;/h21,23,25-26,29-30H,13-16H2,1-12H3;4*1H;;/t21?,23?,25-,26-;;;;;;. The molecule has 0 aromatic carbocycles. The summed E-state index contributed by atoms with van der Waals surface area (Å²) in [5.74, 6) is 1.25. The molecule has 0 bridgehead atoms. The van der Waals surface area contributed by atoms with E-state index >= 15 is 0 Å². The molecule has 1 saturated carbocycles. The van der Waals surface area contributed by atoms with Gasteiger partial charge in [0.25, 0.3) is 0 Å². The Balaban J connectivity index is -0.000000963. The zero-order valence-electron chi connectivity index (χ0n) is 25.8. The molecule has 2 N–H and O–H groups in total. The SMILES string of the molecule is CC1=C(C)C(C)C([Si](C)(C)N[C@H]2CC[C@H](N[Si](C)(C)C3=C(C)C(C)=C(C)C3C)CC2)=C1C.Cl.Cl.Cl.Cl.[Ti].[Ti]. The molecule has 0 amide bonds. The van der Waals surface area contributed by atoms with E-state index in [2.05, 4.69) is 91.5 Å². The molecule has 1 fully saturated rings. The summed E-state index contributed by atoms with van der Waals surface area (Å²) in [5, 5.41) is 3.49. The van der Waals surface area contributed by atoms with Crippen molar-refractivity contribution in [3.63, 3.8) is 0 Å². The predicted octanol–water partition coefficient (Wildman–Crippen LogP) is 9.25. The molecule has 2 unspecified atom stereocenters. The minimum Gasteiger partial charge on any atom is -0.331 e. The molecule has 3 aliphatic rings. The zero-order valence-corrected chi connectivity index (χ0v) is 34.2. The van der Waals surface area contributed by atoms with Crippen molar-refractivity contribution in [3.05, 3.63) is 43.8 Å². The normalized spacial score (nSPS) is 25.6. The van der Waals surface area contributed by atoms with Gasteiger partial charge in [-0.3, -0.25) is 0 Å². The molecule has 3 rings (SSSR count). The Morgan fingerprint density at radius 2 is 0.737 bits per heavy atom. The Bertz CT molecular complexity index is 848. The summed E-state index contributed by atoms with van der Waals surface area (Å²) < 4.78 is 0. The minimum atomic E-state index is -1.63. The van der Waals surface area contributed by atoms with Crippen molar-refractivity contribution in [1.29, 1.82) is 0 Å². The quantitative estimate of drug-likeness (QED) is 0.269. The summed E-state index contributed by atoms with van der Waals surface area (Å²) >= 11 is 0. The number of rotatable bonds is 6. The summed E-state index contributed by atoms with van der Waals surface area (Å²) in [6, 6.07) is 1.37. The molecule has 38 heavy (non-hydrogen) atoms. The van der Waals surface area contributed by atoms with E-state index in [1.165, 1.54) is 25.7 Å². The topological polar surface area (TPSA) is 24.1 Å². The largest absolute Gasteiger partial charge is 0.331 e. The molecular weight excluding hydrogens is 658 g/mol. The van der Waals surface area contributed by atoms with E-state index in [1.807, 2.05) is 0 Å². The first-order valence-corrected chi connectivity index (χ1v) is 19.0. The van der Waals surface area contributed by atoms with Crippen LogP contribution in [0.3, 0.4) is 0 Å². The Hall–Kier alpha value is 1.90.